The summed E-state index contributed by atoms with van der Waals surface area (Å²) in [6, 6.07) is 0. The van der Waals surface area contributed by atoms with E-state index in [4.69, 9.17) is 4.74 Å². The molecule has 0 aromatic carbocycles. The quantitative estimate of drug-likeness (QED) is 0.691. The van der Waals surface area contributed by atoms with Crippen LogP contribution >= 0.6 is 11.3 Å². The van der Waals surface area contributed by atoms with Crippen LogP contribution < -0.4 is 10.1 Å². The van der Waals surface area contributed by atoms with Crippen LogP contribution in [0.3, 0.4) is 0 Å². The van der Waals surface area contributed by atoms with E-state index in [0.717, 1.165) is 44.0 Å². The van der Waals surface area contributed by atoms with Gasteiger partial charge in [0, 0.05) is 6.54 Å². The first-order valence-corrected chi connectivity index (χ1v) is 7.27. The summed E-state index contributed by atoms with van der Waals surface area (Å²) in [5, 5.41) is 13.1. The lowest BCUT2D eigenvalue weighted by atomic mass is 10.1. The molecule has 0 aliphatic heterocycles. The molecule has 0 aliphatic rings. The third-order valence-electron chi connectivity index (χ3n) is 2.75. The highest BCUT2D eigenvalue weighted by Crippen LogP contribution is 2.19. The third-order valence-corrected chi connectivity index (χ3v) is 3.58. The molecule has 0 spiro atoms. The molecule has 5 heteroatoms. The summed E-state index contributed by atoms with van der Waals surface area (Å²) in [6.07, 6.45) is 3.44. The van der Waals surface area contributed by atoms with E-state index in [2.05, 4.69) is 36.3 Å². The number of nitrogens with zero attached hydrogens (tertiary/aromatic N) is 2. The van der Waals surface area contributed by atoms with Crippen molar-refractivity contribution in [2.75, 3.05) is 13.2 Å². The summed E-state index contributed by atoms with van der Waals surface area (Å²) in [7, 11) is 0. The molecular formula is C12H23N3OS. The lowest BCUT2D eigenvalue weighted by Gasteiger charge is -2.10. The summed E-state index contributed by atoms with van der Waals surface area (Å²) in [4.78, 5) is 0. The van der Waals surface area contributed by atoms with Gasteiger partial charge in [-0.2, -0.15) is 0 Å². The lowest BCUT2D eigenvalue weighted by Crippen LogP contribution is -2.13. The van der Waals surface area contributed by atoms with Crippen molar-refractivity contribution in [2.45, 2.75) is 46.6 Å². The maximum absolute atomic E-state index is 5.65. The van der Waals surface area contributed by atoms with Crippen LogP contribution in [-0.2, 0) is 6.54 Å². The molecule has 0 amide bonds. The molecule has 0 fully saturated rings. The maximum atomic E-state index is 5.65. The second kappa shape index (κ2) is 8.42. The Hall–Kier alpha value is -0.680. The van der Waals surface area contributed by atoms with Gasteiger partial charge >= 0.3 is 0 Å². The average Bonchev–Trinajstić information content (AvgIpc) is 2.79. The number of nitrogens with one attached hydrogen (secondary N) is 1. The van der Waals surface area contributed by atoms with E-state index >= 15 is 0 Å². The van der Waals surface area contributed by atoms with Gasteiger partial charge in [-0.05, 0) is 18.9 Å². The van der Waals surface area contributed by atoms with Crippen molar-refractivity contribution in [3.8, 4) is 5.19 Å². The monoisotopic (exact) mass is 257 g/mol. The fourth-order valence-electron chi connectivity index (χ4n) is 1.45. The van der Waals surface area contributed by atoms with Crippen molar-refractivity contribution in [1.82, 2.24) is 15.5 Å². The van der Waals surface area contributed by atoms with E-state index in [1.165, 1.54) is 11.3 Å². The Morgan fingerprint density at radius 2 is 2.00 bits per heavy atom. The first-order valence-electron chi connectivity index (χ1n) is 6.45. The van der Waals surface area contributed by atoms with Gasteiger partial charge in [-0.25, -0.2) is 0 Å². The van der Waals surface area contributed by atoms with Crippen LogP contribution in [-0.4, -0.2) is 23.3 Å². The van der Waals surface area contributed by atoms with Gasteiger partial charge in [0.2, 0.25) is 0 Å². The first-order chi connectivity index (χ1) is 8.30. The van der Waals surface area contributed by atoms with E-state index < -0.39 is 0 Å². The Bertz CT molecular complexity index is 300. The number of ether oxygens (including phenoxy) is 1. The minimum absolute atomic E-state index is 0.626. The molecule has 0 aliphatic carbocycles. The van der Waals surface area contributed by atoms with Crippen LogP contribution in [0.25, 0.3) is 0 Å². The third kappa shape index (κ3) is 5.46. The van der Waals surface area contributed by atoms with Crippen molar-refractivity contribution in [3.63, 3.8) is 0 Å². The summed E-state index contributed by atoms with van der Waals surface area (Å²) in [6.45, 7) is 9.10. The Morgan fingerprint density at radius 1 is 1.24 bits per heavy atom. The van der Waals surface area contributed by atoms with Crippen LogP contribution in [0.15, 0.2) is 0 Å². The fraction of sp³-hybridized carbons (Fsp3) is 0.833. The number of hydrogen-bond acceptors (Lipinski definition) is 5. The molecule has 1 aromatic heterocycles. The zero-order chi connectivity index (χ0) is 12.5. The highest BCUT2D eigenvalue weighted by atomic mass is 32.1. The number of aromatic nitrogens is 2. The van der Waals surface area contributed by atoms with Crippen LogP contribution in [0, 0.1) is 5.92 Å². The van der Waals surface area contributed by atoms with Crippen LogP contribution in [0.1, 0.15) is 45.0 Å². The summed E-state index contributed by atoms with van der Waals surface area (Å²) >= 11 is 1.54. The smallest absolute Gasteiger partial charge is 0.294 e. The highest BCUT2D eigenvalue weighted by Gasteiger charge is 2.08. The number of hydrogen-bond donors (Lipinski definition) is 1. The summed E-state index contributed by atoms with van der Waals surface area (Å²) in [5.74, 6) is 0.626. The molecule has 98 valence electrons. The standard InChI is InChI=1S/C12H23N3OS/c1-4-7-13-8-11-14-15-12(17-11)16-9-10(5-2)6-3/h10,13H,4-9H2,1-3H3. The lowest BCUT2D eigenvalue weighted by molar-refractivity contribution is 0.238. The van der Waals surface area contributed by atoms with Gasteiger partial charge in [0.1, 0.15) is 5.01 Å². The van der Waals surface area contributed by atoms with Gasteiger partial charge in [0.25, 0.3) is 5.19 Å². The molecule has 1 N–H and O–H groups in total. The normalized spacial score (nSPS) is 11.1. The van der Waals surface area contributed by atoms with Crippen molar-refractivity contribution < 1.29 is 4.74 Å². The van der Waals surface area contributed by atoms with E-state index in [9.17, 15) is 0 Å². The minimum Gasteiger partial charge on any atom is -0.469 e. The van der Waals surface area contributed by atoms with Gasteiger partial charge < -0.3 is 10.1 Å². The molecule has 1 rings (SSSR count). The van der Waals surface area contributed by atoms with Crippen LogP contribution in [0.2, 0.25) is 0 Å². The largest absolute Gasteiger partial charge is 0.469 e. The summed E-state index contributed by atoms with van der Waals surface area (Å²) < 4.78 is 5.65. The van der Waals surface area contributed by atoms with E-state index in [1.54, 1.807) is 0 Å². The van der Waals surface area contributed by atoms with Gasteiger partial charge in [0.15, 0.2) is 0 Å². The van der Waals surface area contributed by atoms with Gasteiger partial charge in [-0.15, -0.1) is 10.2 Å². The van der Waals surface area contributed by atoms with Crippen molar-refractivity contribution in [1.29, 1.82) is 0 Å². The molecule has 0 saturated carbocycles. The fourth-order valence-corrected chi connectivity index (χ4v) is 2.12. The Morgan fingerprint density at radius 3 is 2.65 bits per heavy atom. The SMILES string of the molecule is CCCNCc1nnc(OCC(CC)CC)s1. The first kappa shape index (κ1) is 14.4. The zero-order valence-electron chi connectivity index (χ0n) is 11.0. The Balaban J connectivity index is 2.30. The topological polar surface area (TPSA) is 47.0 Å². The van der Waals surface area contributed by atoms with Crippen molar-refractivity contribution >= 4 is 11.3 Å². The zero-order valence-corrected chi connectivity index (χ0v) is 11.8. The van der Waals surface area contributed by atoms with Gasteiger partial charge in [0.05, 0.1) is 6.61 Å². The average molecular weight is 257 g/mol. The molecule has 0 saturated heterocycles. The molecule has 4 nitrogen and oxygen atoms in total. The van der Waals surface area contributed by atoms with Crippen molar-refractivity contribution in [3.05, 3.63) is 5.01 Å². The van der Waals surface area contributed by atoms with Crippen molar-refractivity contribution in [2.24, 2.45) is 5.92 Å². The molecule has 0 unspecified atom stereocenters. The van der Waals surface area contributed by atoms with Crippen LogP contribution in [0.4, 0.5) is 0 Å². The molecule has 0 bridgehead atoms. The molecule has 0 radical (unpaired) electrons. The van der Waals surface area contributed by atoms with E-state index in [0.29, 0.717) is 11.1 Å². The Labute approximate surface area is 108 Å². The summed E-state index contributed by atoms with van der Waals surface area (Å²) in [5.41, 5.74) is 0. The predicted octanol–water partition coefficient (Wildman–Crippen LogP) is 2.85. The van der Waals surface area contributed by atoms with Crippen LogP contribution in [0.5, 0.6) is 5.19 Å². The maximum Gasteiger partial charge on any atom is 0.294 e. The highest BCUT2D eigenvalue weighted by molar-refractivity contribution is 7.13. The van der Waals surface area contributed by atoms with Gasteiger partial charge in [-0.1, -0.05) is 44.9 Å². The molecule has 1 heterocycles. The second-order valence-electron chi connectivity index (χ2n) is 4.13. The molecule has 17 heavy (non-hydrogen) atoms. The molecule has 1 aromatic rings. The molecule has 0 atom stereocenters. The van der Waals surface area contributed by atoms with E-state index in [1.807, 2.05) is 0 Å². The molecular weight excluding hydrogens is 234 g/mol. The second-order valence-corrected chi connectivity index (χ2v) is 5.16. The predicted molar refractivity (Wildman–Crippen MR) is 71.5 cm³/mol. The number of rotatable bonds is 9. The van der Waals surface area contributed by atoms with E-state index in [-0.39, 0.29) is 0 Å². The minimum atomic E-state index is 0.626. The van der Waals surface area contributed by atoms with Gasteiger partial charge in [-0.3, -0.25) is 0 Å². The Kier molecular flexibility index (Phi) is 7.12.